The number of piperidine rings is 1. The van der Waals surface area contributed by atoms with E-state index in [0.29, 0.717) is 29.4 Å². The number of nitrogens with one attached hydrogen (secondary N) is 2. The number of nitrogens with two attached hydrogens (primary N) is 1. The van der Waals surface area contributed by atoms with Crippen molar-refractivity contribution in [2.24, 2.45) is 0 Å². The average molecular weight is 432 g/mol. The van der Waals surface area contributed by atoms with Gasteiger partial charge in [-0.15, -0.1) is 0 Å². The number of carbonyl (C=O) groups excluding carboxylic acids is 1. The highest BCUT2D eigenvalue weighted by Crippen LogP contribution is 2.31. The number of hydrogen-bond donors (Lipinski definition) is 3. The molecule has 1 saturated heterocycles. The quantitative estimate of drug-likeness (QED) is 0.526. The van der Waals surface area contributed by atoms with Gasteiger partial charge in [-0.05, 0) is 49.2 Å². The SMILES string of the molecule is COc1ccc2nc(Nc3ccc(N)c(C#N)c3)nc(N3CCC[C@@H](NC(C)=O)C3)c2c1. The summed E-state index contributed by atoms with van der Waals surface area (Å²) in [5.74, 6) is 1.86. The third-order valence-electron chi connectivity index (χ3n) is 5.44. The number of ether oxygens (including phenoxy) is 1. The van der Waals surface area contributed by atoms with Crippen LogP contribution in [0.3, 0.4) is 0 Å². The fraction of sp³-hybridized carbons (Fsp3) is 0.304. The number of nitrogens with zero attached hydrogens (tertiary/aromatic N) is 4. The Hall–Kier alpha value is -4.06. The first-order valence-electron chi connectivity index (χ1n) is 10.4. The Kier molecular flexibility index (Phi) is 5.94. The lowest BCUT2D eigenvalue weighted by Gasteiger charge is -2.34. The molecule has 9 heteroatoms. The first kappa shape index (κ1) is 21.2. The second-order valence-corrected chi connectivity index (χ2v) is 7.78. The molecule has 1 aromatic heterocycles. The summed E-state index contributed by atoms with van der Waals surface area (Å²) in [6, 6.07) is 12.9. The van der Waals surface area contributed by atoms with E-state index in [2.05, 4.69) is 26.6 Å². The van der Waals surface area contributed by atoms with Crippen LogP contribution < -0.4 is 26.0 Å². The van der Waals surface area contributed by atoms with Gasteiger partial charge in [0, 0.05) is 42.8 Å². The molecule has 1 fully saturated rings. The molecular weight excluding hydrogens is 406 g/mol. The van der Waals surface area contributed by atoms with Crippen molar-refractivity contribution in [2.45, 2.75) is 25.8 Å². The van der Waals surface area contributed by atoms with Gasteiger partial charge in [0.15, 0.2) is 0 Å². The Morgan fingerprint density at radius 3 is 2.88 bits per heavy atom. The molecule has 4 N–H and O–H groups in total. The highest BCUT2D eigenvalue weighted by Gasteiger charge is 2.24. The number of rotatable bonds is 5. The molecule has 164 valence electrons. The van der Waals surface area contributed by atoms with Crippen LogP contribution in [0.2, 0.25) is 0 Å². The highest BCUT2D eigenvalue weighted by molar-refractivity contribution is 5.92. The Morgan fingerprint density at radius 2 is 2.12 bits per heavy atom. The van der Waals surface area contributed by atoms with Crippen molar-refractivity contribution in [1.29, 1.82) is 5.26 Å². The summed E-state index contributed by atoms with van der Waals surface area (Å²) in [4.78, 5) is 23.2. The topological polar surface area (TPSA) is 129 Å². The third-order valence-corrected chi connectivity index (χ3v) is 5.44. The van der Waals surface area contributed by atoms with E-state index < -0.39 is 0 Å². The van der Waals surface area contributed by atoms with Crippen molar-refractivity contribution in [3.63, 3.8) is 0 Å². The highest BCUT2D eigenvalue weighted by atomic mass is 16.5. The summed E-state index contributed by atoms with van der Waals surface area (Å²) >= 11 is 0. The van der Waals surface area contributed by atoms with Crippen molar-refractivity contribution >= 4 is 40.0 Å². The zero-order valence-electron chi connectivity index (χ0n) is 18.1. The van der Waals surface area contributed by atoms with E-state index in [1.54, 1.807) is 25.3 Å². The van der Waals surface area contributed by atoms with E-state index in [0.717, 1.165) is 41.9 Å². The number of hydrogen-bond acceptors (Lipinski definition) is 8. The fourth-order valence-corrected chi connectivity index (χ4v) is 3.95. The zero-order chi connectivity index (χ0) is 22.7. The van der Waals surface area contributed by atoms with Crippen LogP contribution in [0.1, 0.15) is 25.3 Å². The van der Waals surface area contributed by atoms with E-state index in [1.807, 2.05) is 18.2 Å². The molecule has 0 bridgehead atoms. The number of anilines is 4. The minimum atomic E-state index is -0.0370. The van der Waals surface area contributed by atoms with Crippen LogP contribution in [0.4, 0.5) is 23.1 Å². The van der Waals surface area contributed by atoms with E-state index in [-0.39, 0.29) is 11.9 Å². The molecule has 3 aromatic rings. The smallest absolute Gasteiger partial charge is 0.229 e. The summed E-state index contributed by atoms with van der Waals surface area (Å²) in [5, 5.41) is 16.3. The van der Waals surface area contributed by atoms with Gasteiger partial charge in [-0.3, -0.25) is 4.79 Å². The molecule has 0 aliphatic carbocycles. The predicted molar refractivity (Wildman–Crippen MR) is 124 cm³/mol. The second kappa shape index (κ2) is 8.98. The van der Waals surface area contributed by atoms with Gasteiger partial charge in [0.25, 0.3) is 0 Å². The normalized spacial score (nSPS) is 15.8. The number of methoxy groups -OCH3 is 1. The number of aromatic nitrogens is 2. The fourth-order valence-electron chi connectivity index (χ4n) is 3.95. The summed E-state index contributed by atoms with van der Waals surface area (Å²) in [7, 11) is 1.62. The van der Waals surface area contributed by atoms with Crippen molar-refractivity contribution in [2.75, 3.05) is 36.1 Å². The van der Waals surface area contributed by atoms with E-state index >= 15 is 0 Å². The molecule has 0 unspecified atom stereocenters. The van der Waals surface area contributed by atoms with Crippen molar-refractivity contribution in [3.05, 3.63) is 42.0 Å². The lowest BCUT2D eigenvalue weighted by atomic mass is 10.0. The second-order valence-electron chi connectivity index (χ2n) is 7.78. The number of benzene rings is 2. The number of amides is 1. The molecule has 0 radical (unpaired) electrons. The summed E-state index contributed by atoms with van der Waals surface area (Å²) < 4.78 is 5.41. The number of fused-ring (bicyclic) bond motifs is 1. The van der Waals surface area contributed by atoms with Crippen molar-refractivity contribution < 1.29 is 9.53 Å². The Balaban J connectivity index is 1.74. The van der Waals surface area contributed by atoms with Crippen LogP contribution in [0.25, 0.3) is 10.9 Å². The molecular formula is C23H25N7O2. The molecule has 0 spiro atoms. The number of carbonyl (C=O) groups is 1. The Bertz CT molecular complexity index is 1200. The summed E-state index contributed by atoms with van der Waals surface area (Å²) in [5.41, 5.74) is 8.07. The minimum absolute atomic E-state index is 0.0370. The molecule has 2 aromatic carbocycles. The first-order valence-corrected chi connectivity index (χ1v) is 10.4. The van der Waals surface area contributed by atoms with E-state index in [4.69, 9.17) is 15.5 Å². The molecule has 1 amide bonds. The molecule has 9 nitrogen and oxygen atoms in total. The van der Waals surface area contributed by atoms with Crippen LogP contribution in [0, 0.1) is 11.3 Å². The molecule has 1 aliphatic heterocycles. The number of nitriles is 1. The van der Waals surface area contributed by atoms with Crippen molar-refractivity contribution in [3.8, 4) is 11.8 Å². The largest absolute Gasteiger partial charge is 0.497 e. The van der Waals surface area contributed by atoms with Crippen LogP contribution >= 0.6 is 0 Å². The lowest BCUT2D eigenvalue weighted by molar-refractivity contribution is -0.119. The van der Waals surface area contributed by atoms with Crippen LogP contribution in [-0.4, -0.2) is 42.1 Å². The van der Waals surface area contributed by atoms with Gasteiger partial charge in [0.1, 0.15) is 17.6 Å². The lowest BCUT2D eigenvalue weighted by Crippen LogP contribution is -2.47. The summed E-state index contributed by atoms with van der Waals surface area (Å²) in [6.45, 7) is 3.01. The van der Waals surface area contributed by atoms with Crippen LogP contribution in [0.5, 0.6) is 5.75 Å². The average Bonchev–Trinajstić information content (AvgIpc) is 2.79. The maximum absolute atomic E-state index is 11.6. The predicted octanol–water partition coefficient (Wildman–Crippen LogP) is 2.94. The molecule has 32 heavy (non-hydrogen) atoms. The molecule has 0 saturated carbocycles. The number of nitrogen functional groups attached to an aromatic ring is 1. The molecule has 1 aliphatic rings. The maximum atomic E-state index is 11.6. The van der Waals surface area contributed by atoms with Gasteiger partial charge < -0.3 is 26.0 Å². The Labute approximate surface area is 186 Å². The van der Waals surface area contributed by atoms with E-state index in [1.165, 1.54) is 6.92 Å². The van der Waals surface area contributed by atoms with Crippen molar-refractivity contribution in [1.82, 2.24) is 15.3 Å². The summed E-state index contributed by atoms with van der Waals surface area (Å²) in [6.07, 6.45) is 1.86. The Morgan fingerprint density at radius 1 is 1.28 bits per heavy atom. The van der Waals surface area contributed by atoms with Gasteiger partial charge >= 0.3 is 0 Å². The van der Waals surface area contributed by atoms with Crippen LogP contribution in [0.15, 0.2) is 36.4 Å². The molecule has 1 atom stereocenters. The standard InChI is InChI=1S/C23H25N7O2/c1-14(31)26-17-4-3-9-30(13-17)22-19-11-18(32-2)6-8-21(19)28-23(29-22)27-16-5-7-20(25)15(10-16)12-24/h5-8,10-11,17H,3-4,9,13,25H2,1-2H3,(H,26,31)(H,27,28,29)/t17-/m1/s1. The minimum Gasteiger partial charge on any atom is -0.497 e. The van der Waals surface area contributed by atoms with Gasteiger partial charge in [-0.25, -0.2) is 4.98 Å². The van der Waals surface area contributed by atoms with Gasteiger partial charge in [0.05, 0.1) is 18.2 Å². The maximum Gasteiger partial charge on any atom is 0.229 e. The van der Waals surface area contributed by atoms with Crippen LogP contribution in [-0.2, 0) is 4.79 Å². The first-order chi connectivity index (χ1) is 15.5. The third kappa shape index (κ3) is 4.49. The van der Waals surface area contributed by atoms with E-state index in [9.17, 15) is 10.1 Å². The van der Waals surface area contributed by atoms with Gasteiger partial charge in [-0.1, -0.05) is 0 Å². The van der Waals surface area contributed by atoms with Gasteiger partial charge in [-0.2, -0.15) is 10.2 Å². The molecule has 2 heterocycles. The zero-order valence-corrected chi connectivity index (χ0v) is 18.1. The monoisotopic (exact) mass is 431 g/mol. The van der Waals surface area contributed by atoms with Gasteiger partial charge in [0.2, 0.25) is 11.9 Å². The molecule has 4 rings (SSSR count).